The summed E-state index contributed by atoms with van der Waals surface area (Å²) in [5.41, 5.74) is 0. The number of halogens is 1. The summed E-state index contributed by atoms with van der Waals surface area (Å²) in [6.45, 7) is 9.20. The third-order valence-electron chi connectivity index (χ3n) is 2.28. The van der Waals surface area contributed by atoms with Gasteiger partial charge in [-0.15, -0.1) is 0 Å². The second-order valence-corrected chi connectivity index (χ2v) is 6.20. The van der Waals surface area contributed by atoms with Crippen molar-refractivity contribution in [2.45, 2.75) is 64.6 Å². The Kier molecular flexibility index (Phi) is 8.13. The van der Waals surface area contributed by atoms with Crippen molar-refractivity contribution >= 4 is 15.9 Å². The maximum absolute atomic E-state index is 3.75. The molecule has 1 heteroatoms. The Balaban J connectivity index is 3.22. The monoisotopic (exact) mass is 248 g/mol. The van der Waals surface area contributed by atoms with Gasteiger partial charge in [0.2, 0.25) is 0 Å². The SMILES string of the molecule is CC(C)CCCCC(Br)CC(C)C. The molecule has 0 aliphatic heterocycles. The molecule has 1 atom stereocenters. The number of alkyl halides is 1. The fourth-order valence-corrected chi connectivity index (χ4v) is 2.62. The highest BCUT2D eigenvalue weighted by atomic mass is 79.9. The zero-order chi connectivity index (χ0) is 10.3. The van der Waals surface area contributed by atoms with Crippen molar-refractivity contribution < 1.29 is 0 Å². The van der Waals surface area contributed by atoms with Crippen molar-refractivity contribution in [3.63, 3.8) is 0 Å². The van der Waals surface area contributed by atoms with Gasteiger partial charge in [-0.2, -0.15) is 0 Å². The van der Waals surface area contributed by atoms with Crippen LogP contribution in [0, 0.1) is 11.8 Å². The smallest absolute Gasteiger partial charge is 0.0148 e. The lowest BCUT2D eigenvalue weighted by molar-refractivity contribution is 0.498. The number of rotatable bonds is 7. The molecule has 0 saturated carbocycles. The van der Waals surface area contributed by atoms with Gasteiger partial charge in [0.05, 0.1) is 0 Å². The third kappa shape index (κ3) is 10.4. The molecule has 0 aromatic rings. The molecule has 0 saturated heterocycles. The summed E-state index contributed by atoms with van der Waals surface area (Å²) < 4.78 is 0. The summed E-state index contributed by atoms with van der Waals surface area (Å²) in [4.78, 5) is 0.750. The van der Waals surface area contributed by atoms with Gasteiger partial charge in [-0.05, 0) is 24.7 Å². The first-order valence-electron chi connectivity index (χ1n) is 5.66. The maximum atomic E-state index is 3.75. The molecule has 0 fully saturated rings. The first-order valence-corrected chi connectivity index (χ1v) is 6.58. The average Bonchev–Trinajstić information content (AvgIpc) is 1.96. The molecule has 0 amide bonds. The van der Waals surface area contributed by atoms with Crippen LogP contribution in [-0.2, 0) is 0 Å². The van der Waals surface area contributed by atoms with E-state index in [1.165, 1.54) is 32.1 Å². The minimum absolute atomic E-state index is 0.750. The van der Waals surface area contributed by atoms with E-state index in [0.717, 1.165) is 16.7 Å². The van der Waals surface area contributed by atoms with Gasteiger partial charge >= 0.3 is 0 Å². The highest BCUT2D eigenvalue weighted by Gasteiger charge is 2.06. The van der Waals surface area contributed by atoms with E-state index in [1.807, 2.05) is 0 Å². The summed E-state index contributed by atoms with van der Waals surface area (Å²) >= 11 is 3.75. The van der Waals surface area contributed by atoms with Crippen LogP contribution in [0.25, 0.3) is 0 Å². The normalized spacial score (nSPS) is 14.1. The lowest BCUT2D eigenvalue weighted by Crippen LogP contribution is -2.02. The highest BCUT2D eigenvalue weighted by molar-refractivity contribution is 9.09. The minimum atomic E-state index is 0.750. The van der Waals surface area contributed by atoms with Crippen LogP contribution >= 0.6 is 15.9 Å². The van der Waals surface area contributed by atoms with Crippen LogP contribution in [0.1, 0.15) is 59.8 Å². The lowest BCUT2D eigenvalue weighted by Gasteiger charge is -2.12. The molecule has 1 unspecified atom stereocenters. The third-order valence-corrected chi connectivity index (χ3v) is 3.11. The largest absolute Gasteiger partial charge is 0.0891 e. The van der Waals surface area contributed by atoms with Gasteiger partial charge in [0, 0.05) is 4.83 Å². The Bertz CT molecular complexity index is 108. The van der Waals surface area contributed by atoms with Crippen LogP contribution in [0.4, 0.5) is 0 Å². The number of hydrogen-bond acceptors (Lipinski definition) is 0. The predicted octanol–water partition coefficient (Wildman–Crippen LogP) is 5.01. The molecular formula is C12H25Br. The second-order valence-electron chi connectivity index (χ2n) is 4.91. The van der Waals surface area contributed by atoms with Crippen molar-refractivity contribution in [3.8, 4) is 0 Å². The predicted molar refractivity (Wildman–Crippen MR) is 65.5 cm³/mol. The maximum Gasteiger partial charge on any atom is 0.0148 e. The first-order chi connectivity index (χ1) is 6.02. The molecule has 0 radical (unpaired) electrons. The summed E-state index contributed by atoms with van der Waals surface area (Å²) in [5, 5.41) is 0. The minimum Gasteiger partial charge on any atom is -0.0891 e. The van der Waals surface area contributed by atoms with Gasteiger partial charge in [-0.1, -0.05) is 62.9 Å². The quantitative estimate of drug-likeness (QED) is 0.439. The van der Waals surface area contributed by atoms with Crippen LogP contribution < -0.4 is 0 Å². The van der Waals surface area contributed by atoms with Gasteiger partial charge in [-0.25, -0.2) is 0 Å². The molecule has 0 rings (SSSR count). The first kappa shape index (κ1) is 13.5. The molecule has 0 aromatic carbocycles. The molecule has 0 spiro atoms. The van der Waals surface area contributed by atoms with Crippen LogP contribution in [0.15, 0.2) is 0 Å². The molecule has 0 aliphatic carbocycles. The molecule has 0 nitrogen and oxygen atoms in total. The van der Waals surface area contributed by atoms with Crippen molar-refractivity contribution in [1.82, 2.24) is 0 Å². The number of hydrogen-bond donors (Lipinski definition) is 0. The van der Waals surface area contributed by atoms with E-state index in [9.17, 15) is 0 Å². The fourth-order valence-electron chi connectivity index (χ4n) is 1.55. The Morgan fingerprint density at radius 3 is 1.85 bits per heavy atom. The van der Waals surface area contributed by atoms with Gasteiger partial charge in [0.1, 0.15) is 0 Å². The Morgan fingerprint density at radius 2 is 1.38 bits per heavy atom. The standard InChI is InChI=1S/C12H25Br/c1-10(2)7-5-6-8-12(13)9-11(3)4/h10-12H,5-9H2,1-4H3. The van der Waals surface area contributed by atoms with Crippen LogP contribution in [0.5, 0.6) is 0 Å². The molecule has 0 bridgehead atoms. The Labute approximate surface area is 92.6 Å². The van der Waals surface area contributed by atoms with Crippen molar-refractivity contribution in [3.05, 3.63) is 0 Å². The summed E-state index contributed by atoms with van der Waals surface area (Å²) in [6, 6.07) is 0. The number of unbranched alkanes of at least 4 members (excludes halogenated alkanes) is 1. The van der Waals surface area contributed by atoms with Crippen LogP contribution in [-0.4, -0.2) is 4.83 Å². The molecule has 0 aliphatic rings. The molecule has 13 heavy (non-hydrogen) atoms. The zero-order valence-corrected chi connectivity index (χ0v) is 11.2. The Hall–Kier alpha value is 0.480. The molecule has 0 aromatic heterocycles. The molecule has 0 heterocycles. The van der Waals surface area contributed by atoms with Gasteiger partial charge in [0.25, 0.3) is 0 Å². The Morgan fingerprint density at radius 1 is 0.846 bits per heavy atom. The van der Waals surface area contributed by atoms with Gasteiger partial charge in [-0.3, -0.25) is 0 Å². The summed E-state index contributed by atoms with van der Waals surface area (Å²) in [7, 11) is 0. The second kappa shape index (κ2) is 7.84. The van der Waals surface area contributed by atoms with E-state index in [2.05, 4.69) is 43.6 Å². The van der Waals surface area contributed by atoms with Crippen molar-refractivity contribution in [1.29, 1.82) is 0 Å². The van der Waals surface area contributed by atoms with E-state index in [-0.39, 0.29) is 0 Å². The fraction of sp³-hybridized carbons (Fsp3) is 1.00. The van der Waals surface area contributed by atoms with Crippen LogP contribution in [0.2, 0.25) is 0 Å². The van der Waals surface area contributed by atoms with E-state index in [0.29, 0.717) is 0 Å². The van der Waals surface area contributed by atoms with Gasteiger partial charge in [0.15, 0.2) is 0 Å². The van der Waals surface area contributed by atoms with Gasteiger partial charge < -0.3 is 0 Å². The van der Waals surface area contributed by atoms with Crippen molar-refractivity contribution in [2.75, 3.05) is 0 Å². The summed E-state index contributed by atoms with van der Waals surface area (Å²) in [6.07, 6.45) is 6.85. The molecule has 80 valence electrons. The van der Waals surface area contributed by atoms with Crippen LogP contribution in [0.3, 0.4) is 0 Å². The van der Waals surface area contributed by atoms with E-state index < -0.39 is 0 Å². The lowest BCUT2D eigenvalue weighted by atomic mass is 10.0. The van der Waals surface area contributed by atoms with E-state index in [4.69, 9.17) is 0 Å². The molecule has 0 N–H and O–H groups in total. The van der Waals surface area contributed by atoms with Crippen molar-refractivity contribution in [2.24, 2.45) is 11.8 Å². The molecular weight excluding hydrogens is 224 g/mol. The highest BCUT2D eigenvalue weighted by Crippen LogP contribution is 2.19. The summed E-state index contributed by atoms with van der Waals surface area (Å²) in [5.74, 6) is 1.70. The topological polar surface area (TPSA) is 0 Å². The van der Waals surface area contributed by atoms with E-state index >= 15 is 0 Å². The average molecular weight is 249 g/mol. The van der Waals surface area contributed by atoms with E-state index in [1.54, 1.807) is 0 Å². The zero-order valence-electron chi connectivity index (χ0n) is 9.65.